The number of carbonyl (C=O) groups excluding carboxylic acids is 1. The number of hydrogen-bond acceptors (Lipinski definition) is 4. The lowest BCUT2D eigenvalue weighted by Gasteiger charge is -2.36. The van der Waals surface area contributed by atoms with Gasteiger partial charge in [0.15, 0.2) is 0 Å². The summed E-state index contributed by atoms with van der Waals surface area (Å²) in [5.41, 5.74) is 0. The number of thiophene rings is 1. The molecule has 1 aromatic rings. The zero-order valence-corrected chi connectivity index (χ0v) is 9.22. The first-order valence-corrected chi connectivity index (χ1v) is 6.57. The normalized spacial score (nSPS) is 17.5. The molecule has 0 aromatic carbocycles. The molecule has 0 saturated carbocycles. The van der Waals surface area contributed by atoms with Crippen LogP contribution in [-0.2, 0) is 10.2 Å². The molecule has 2 rings (SSSR count). The summed E-state index contributed by atoms with van der Waals surface area (Å²) in [6.45, 7) is -0.0921. The molecule has 2 heterocycles. The molecule has 0 spiro atoms. The average molecular weight is 249 g/mol. The lowest BCUT2D eigenvalue weighted by molar-refractivity contribution is 0.0661. The van der Waals surface area contributed by atoms with Crippen molar-refractivity contribution in [2.45, 2.75) is 5.25 Å². The Morgan fingerprint density at radius 2 is 2.20 bits per heavy atom. The minimum atomic E-state index is -4.49. The van der Waals surface area contributed by atoms with Gasteiger partial charge in [-0.1, -0.05) is 6.07 Å². The van der Waals surface area contributed by atoms with Crippen molar-refractivity contribution in [3.05, 3.63) is 22.4 Å². The van der Waals surface area contributed by atoms with E-state index < -0.39 is 15.5 Å². The van der Waals surface area contributed by atoms with Crippen LogP contribution in [0.3, 0.4) is 0 Å². The Bertz CT molecular complexity index is 462. The maximum atomic E-state index is 12.5. The SMILES string of the molecule is O=C(c1cccs1)N1CC(S(=O)(=O)F)C1. The first-order valence-electron chi connectivity index (χ1n) is 4.25. The molecule has 7 heteroatoms. The van der Waals surface area contributed by atoms with Crippen molar-refractivity contribution in [3.8, 4) is 0 Å². The van der Waals surface area contributed by atoms with Crippen molar-refractivity contribution < 1.29 is 17.1 Å². The van der Waals surface area contributed by atoms with Crippen LogP contribution in [0, 0.1) is 0 Å². The van der Waals surface area contributed by atoms with E-state index in [1.54, 1.807) is 17.5 Å². The third-order valence-corrected chi connectivity index (χ3v) is 4.22. The van der Waals surface area contributed by atoms with E-state index in [2.05, 4.69) is 0 Å². The summed E-state index contributed by atoms with van der Waals surface area (Å²) < 4.78 is 33.4. The van der Waals surface area contributed by atoms with Gasteiger partial charge in [0.25, 0.3) is 5.91 Å². The topological polar surface area (TPSA) is 54.5 Å². The van der Waals surface area contributed by atoms with Gasteiger partial charge in [0.2, 0.25) is 0 Å². The van der Waals surface area contributed by atoms with Gasteiger partial charge in [-0.2, -0.15) is 8.42 Å². The summed E-state index contributed by atoms with van der Waals surface area (Å²) in [4.78, 5) is 13.5. The Kier molecular flexibility index (Phi) is 2.51. The Morgan fingerprint density at radius 3 is 2.67 bits per heavy atom. The van der Waals surface area contributed by atoms with Crippen molar-refractivity contribution in [1.82, 2.24) is 4.90 Å². The predicted octanol–water partition coefficient (Wildman–Crippen LogP) is 0.872. The third-order valence-electron chi connectivity index (χ3n) is 2.27. The molecule has 1 aromatic heterocycles. The summed E-state index contributed by atoms with van der Waals surface area (Å²) in [6.07, 6.45) is 0. The number of nitrogens with zero attached hydrogens (tertiary/aromatic N) is 1. The number of rotatable bonds is 2. The van der Waals surface area contributed by atoms with Crippen LogP contribution in [0.25, 0.3) is 0 Å². The van der Waals surface area contributed by atoms with Gasteiger partial charge in [-0.15, -0.1) is 15.2 Å². The summed E-state index contributed by atoms with van der Waals surface area (Å²) in [5, 5.41) is 0.720. The average Bonchev–Trinajstić information content (AvgIpc) is 2.48. The van der Waals surface area contributed by atoms with Crippen molar-refractivity contribution in [2.75, 3.05) is 13.1 Å². The molecule has 15 heavy (non-hydrogen) atoms. The number of carbonyl (C=O) groups is 1. The molecule has 0 atom stereocenters. The van der Waals surface area contributed by atoms with E-state index in [4.69, 9.17) is 0 Å². The van der Waals surface area contributed by atoms with Gasteiger partial charge >= 0.3 is 10.2 Å². The quantitative estimate of drug-likeness (QED) is 0.731. The highest BCUT2D eigenvalue weighted by atomic mass is 32.3. The third kappa shape index (κ3) is 2.03. The van der Waals surface area contributed by atoms with Crippen LogP contribution < -0.4 is 0 Å². The Hall–Kier alpha value is -0.950. The van der Waals surface area contributed by atoms with E-state index in [0.29, 0.717) is 4.88 Å². The van der Waals surface area contributed by atoms with E-state index in [1.807, 2.05) is 0 Å². The van der Waals surface area contributed by atoms with E-state index in [9.17, 15) is 17.1 Å². The fourth-order valence-corrected chi connectivity index (χ4v) is 2.74. The van der Waals surface area contributed by atoms with Crippen LogP contribution in [0.15, 0.2) is 17.5 Å². The van der Waals surface area contributed by atoms with Crippen LogP contribution in [0.4, 0.5) is 3.89 Å². The number of likely N-dealkylation sites (tertiary alicyclic amines) is 1. The lowest BCUT2D eigenvalue weighted by Crippen LogP contribution is -2.55. The second-order valence-corrected chi connectivity index (χ2v) is 5.85. The standard InChI is InChI=1S/C8H8FNO3S2/c9-15(12,13)6-4-10(5-6)8(11)7-2-1-3-14-7/h1-3,6H,4-5H2. The molecule has 1 saturated heterocycles. The van der Waals surface area contributed by atoms with Gasteiger partial charge < -0.3 is 4.90 Å². The fourth-order valence-electron chi connectivity index (χ4n) is 1.34. The van der Waals surface area contributed by atoms with Crippen molar-refractivity contribution in [1.29, 1.82) is 0 Å². The van der Waals surface area contributed by atoms with Crippen LogP contribution in [0.1, 0.15) is 9.67 Å². The molecule has 0 aliphatic carbocycles. The molecule has 0 bridgehead atoms. The Morgan fingerprint density at radius 1 is 1.53 bits per heavy atom. The predicted molar refractivity (Wildman–Crippen MR) is 54.0 cm³/mol. The molecule has 0 N–H and O–H groups in total. The zero-order chi connectivity index (χ0) is 11.1. The first-order chi connectivity index (χ1) is 6.98. The minimum absolute atomic E-state index is 0.0461. The van der Waals surface area contributed by atoms with Crippen molar-refractivity contribution in [3.63, 3.8) is 0 Å². The van der Waals surface area contributed by atoms with Gasteiger partial charge in [-0.05, 0) is 11.4 Å². The highest BCUT2D eigenvalue weighted by Gasteiger charge is 2.40. The van der Waals surface area contributed by atoms with Gasteiger partial charge in [0, 0.05) is 13.1 Å². The Balaban J connectivity index is 1.99. The number of hydrogen-bond donors (Lipinski definition) is 0. The molecule has 0 unspecified atom stereocenters. The highest BCUT2D eigenvalue weighted by Crippen LogP contribution is 2.21. The second kappa shape index (κ2) is 3.57. The van der Waals surface area contributed by atoms with Crippen LogP contribution >= 0.6 is 11.3 Å². The van der Waals surface area contributed by atoms with E-state index in [-0.39, 0.29) is 19.0 Å². The second-order valence-electron chi connectivity index (χ2n) is 3.29. The largest absolute Gasteiger partial charge is 0.335 e. The number of amides is 1. The molecule has 1 aliphatic heterocycles. The van der Waals surface area contributed by atoms with Gasteiger partial charge in [0.05, 0.1) is 4.88 Å². The lowest BCUT2D eigenvalue weighted by atomic mass is 10.2. The Labute approximate surface area is 90.5 Å². The molecule has 82 valence electrons. The fraction of sp³-hybridized carbons (Fsp3) is 0.375. The maximum Gasteiger partial charge on any atom is 0.308 e. The smallest absolute Gasteiger partial charge is 0.308 e. The van der Waals surface area contributed by atoms with Gasteiger partial charge in [0.1, 0.15) is 5.25 Å². The summed E-state index contributed by atoms with van der Waals surface area (Å²) in [7, 11) is -4.49. The van der Waals surface area contributed by atoms with E-state index in [0.717, 1.165) is 0 Å². The van der Waals surface area contributed by atoms with Crippen LogP contribution in [0.5, 0.6) is 0 Å². The van der Waals surface area contributed by atoms with Crippen molar-refractivity contribution >= 4 is 27.5 Å². The van der Waals surface area contributed by atoms with Gasteiger partial charge in [-0.3, -0.25) is 4.79 Å². The maximum absolute atomic E-state index is 12.5. The first kappa shape index (κ1) is 10.6. The molecule has 1 fully saturated rings. The summed E-state index contributed by atoms with van der Waals surface area (Å²) in [5.74, 6) is -0.232. The molecule has 0 radical (unpaired) electrons. The van der Waals surface area contributed by atoms with Crippen LogP contribution in [-0.4, -0.2) is 37.6 Å². The monoisotopic (exact) mass is 249 g/mol. The van der Waals surface area contributed by atoms with E-state index >= 15 is 0 Å². The van der Waals surface area contributed by atoms with Crippen LogP contribution in [0.2, 0.25) is 0 Å². The summed E-state index contributed by atoms with van der Waals surface area (Å²) >= 11 is 1.28. The number of halogens is 1. The van der Waals surface area contributed by atoms with Crippen molar-refractivity contribution in [2.24, 2.45) is 0 Å². The molecular weight excluding hydrogens is 241 g/mol. The molecule has 1 aliphatic rings. The highest BCUT2D eigenvalue weighted by molar-refractivity contribution is 7.87. The van der Waals surface area contributed by atoms with Gasteiger partial charge in [-0.25, -0.2) is 0 Å². The van der Waals surface area contributed by atoms with E-state index in [1.165, 1.54) is 16.2 Å². The molecular formula is C8H8FNO3S2. The minimum Gasteiger partial charge on any atom is -0.335 e. The zero-order valence-electron chi connectivity index (χ0n) is 7.59. The molecule has 1 amide bonds. The summed E-state index contributed by atoms with van der Waals surface area (Å²) in [6, 6.07) is 3.39. The molecule has 4 nitrogen and oxygen atoms in total.